The predicted octanol–water partition coefficient (Wildman–Crippen LogP) is 10.9. The van der Waals surface area contributed by atoms with Gasteiger partial charge in [-0.3, -0.25) is 0 Å². The van der Waals surface area contributed by atoms with Gasteiger partial charge < -0.3 is 28.4 Å². The molecule has 6 nitrogen and oxygen atoms in total. The molecule has 0 fully saturated rings. The highest BCUT2D eigenvalue weighted by molar-refractivity contribution is 5.76. The van der Waals surface area contributed by atoms with Crippen molar-refractivity contribution in [2.75, 3.05) is 42.2 Å². The summed E-state index contributed by atoms with van der Waals surface area (Å²) < 4.78 is 33.9. The first kappa shape index (κ1) is 36.0. The van der Waals surface area contributed by atoms with Crippen molar-refractivity contribution in [3.63, 3.8) is 0 Å². The van der Waals surface area contributed by atoms with Gasteiger partial charge in [0.1, 0.15) is 0 Å². The lowest BCUT2D eigenvalue weighted by atomic mass is 10.0. The lowest BCUT2D eigenvalue weighted by Gasteiger charge is -2.15. The number of hydrogen-bond acceptors (Lipinski definition) is 6. The second-order valence-corrected chi connectivity index (χ2v) is 11.6. The molecule has 0 saturated heterocycles. The van der Waals surface area contributed by atoms with Gasteiger partial charge in [0.2, 0.25) is 11.5 Å². The first-order chi connectivity index (χ1) is 23.5. The summed E-state index contributed by atoms with van der Waals surface area (Å²) in [4.78, 5) is 0. The molecule has 0 unspecified atom stereocenters. The van der Waals surface area contributed by atoms with Crippen LogP contribution in [-0.4, -0.2) is 42.2 Å². The van der Waals surface area contributed by atoms with E-state index < -0.39 is 0 Å². The molecule has 0 aliphatic rings. The van der Waals surface area contributed by atoms with E-state index in [0.717, 1.165) is 39.8 Å². The van der Waals surface area contributed by atoms with Gasteiger partial charge >= 0.3 is 0 Å². The van der Waals surface area contributed by atoms with E-state index in [-0.39, 0.29) is 0 Å². The van der Waals surface area contributed by atoms with Crippen LogP contribution < -0.4 is 28.4 Å². The first-order valence-corrected chi connectivity index (χ1v) is 16.8. The number of ether oxygens (including phenoxy) is 6. The Kier molecular flexibility index (Phi) is 14.3. The third-order valence-corrected chi connectivity index (χ3v) is 8.26. The molecule has 0 atom stereocenters. The van der Waals surface area contributed by atoms with Crippen molar-refractivity contribution in [1.82, 2.24) is 0 Å². The van der Waals surface area contributed by atoms with Gasteiger partial charge in [-0.1, -0.05) is 118 Å². The van der Waals surface area contributed by atoms with Crippen molar-refractivity contribution in [3.05, 3.63) is 95.1 Å². The van der Waals surface area contributed by atoms with Gasteiger partial charge in [-0.05, 0) is 64.1 Å². The molecule has 0 N–H and O–H groups in total. The quantitative estimate of drug-likeness (QED) is 0.0743. The van der Waals surface area contributed by atoms with E-state index in [9.17, 15) is 0 Å². The largest absolute Gasteiger partial charge is 0.493 e. The van der Waals surface area contributed by atoms with E-state index in [1.54, 1.807) is 35.5 Å². The summed E-state index contributed by atoms with van der Waals surface area (Å²) in [6.45, 7) is 2.90. The fourth-order valence-corrected chi connectivity index (χ4v) is 5.53. The van der Waals surface area contributed by atoms with Crippen LogP contribution in [0, 0.1) is 0 Å². The van der Waals surface area contributed by atoms with Gasteiger partial charge in [0.15, 0.2) is 23.0 Å². The van der Waals surface area contributed by atoms with Crippen LogP contribution in [0.2, 0.25) is 0 Å². The molecular formula is C42H50O6. The van der Waals surface area contributed by atoms with Crippen LogP contribution >= 0.6 is 0 Å². The molecule has 0 spiro atoms. The van der Waals surface area contributed by atoms with Crippen LogP contribution in [-0.2, 0) is 0 Å². The highest BCUT2D eigenvalue weighted by Gasteiger charge is 2.14. The average Bonchev–Trinajstić information content (AvgIpc) is 3.14. The fraction of sp³-hybridized carbons (Fsp3) is 0.333. The minimum Gasteiger partial charge on any atom is -0.493 e. The Morgan fingerprint density at radius 3 is 1.19 bits per heavy atom. The molecule has 0 saturated carbocycles. The third-order valence-electron chi connectivity index (χ3n) is 8.26. The summed E-state index contributed by atoms with van der Waals surface area (Å²) in [6, 6.07) is 24.9. The van der Waals surface area contributed by atoms with Crippen LogP contribution in [0.3, 0.4) is 0 Å². The number of benzene rings is 4. The molecule has 0 amide bonds. The number of hydrogen-bond donors (Lipinski definition) is 0. The molecule has 4 aromatic carbocycles. The van der Waals surface area contributed by atoms with Crippen molar-refractivity contribution in [2.24, 2.45) is 0 Å². The van der Waals surface area contributed by atoms with Crippen molar-refractivity contribution in [2.45, 2.75) is 51.9 Å². The Morgan fingerprint density at radius 2 is 0.792 bits per heavy atom. The van der Waals surface area contributed by atoms with Gasteiger partial charge in [-0.15, -0.1) is 0 Å². The van der Waals surface area contributed by atoms with E-state index in [2.05, 4.69) is 73.7 Å². The number of unbranched alkanes of at least 4 members (excludes halogenated alkanes) is 6. The minimum absolute atomic E-state index is 0.580. The van der Waals surface area contributed by atoms with E-state index >= 15 is 0 Å². The van der Waals surface area contributed by atoms with Gasteiger partial charge in [0.25, 0.3) is 0 Å². The first-order valence-electron chi connectivity index (χ1n) is 16.8. The zero-order valence-corrected chi connectivity index (χ0v) is 29.3. The molecular weight excluding hydrogens is 600 g/mol. The zero-order chi connectivity index (χ0) is 34.1. The fourth-order valence-electron chi connectivity index (χ4n) is 5.53. The van der Waals surface area contributed by atoms with Crippen molar-refractivity contribution in [1.29, 1.82) is 0 Å². The van der Waals surface area contributed by atoms with Gasteiger partial charge in [0, 0.05) is 0 Å². The van der Waals surface area contributed by atoms with Gasteiger partial charge in [-0.2, -0.15) is 0 Å². The van der Waals surface area contributed by atoms with Crippen molar-refractivity contribution >= 4 is 24.3 Å². The summed E-state index contributed by atoms with van der Waals surface area (Å²) in [5.41, 5.74) is 6.42. The normalized spacial score (nSPS) is 11.2. The molecule has 0 heterocycles. The summed E-state index contributed by atoms with van der Waals surface area (Å²) >= 11 is 0. The summed E-state index contributed by atoms with van der Waals surface area (Å²) in [6.07, 6.45) is 16.9. The SMILES string of the molecule is CCCCCCCCCOc1c(OC)cc(/C=C/c2ccc(-c3ccc(/C=C/c4cc(OC)c(OC)c(OC)c4)cc3)cc2)cc1OC. The smallest absolute Gasteiger partial charge is 0.203 e. The monoisotopic (exact) mass is 650 g/mol. The van der Waals surface area contributed by atoms with E-state index in [1.807, 2.05) is 30.3 Å². The Bertz CT molecular complexity index is 1570. The zero-order valence-electron chi connectivity index (χ0n) is 29.3. The van der Waals surface area contributed by atoms with Crippen LogP contribution in [0.4, 0.5) is 0 Å². The Morgan fingerprint density at radius 1 is 0.417 bits per heavy atom. The topological polar surface area (TPSA) is 55.4 Å². The number of rotatable bonds is 19. The Hall–Kier alpha value is -4.84. The van der Waals surface area contributed by atoms with E-state index in [4.69, 9.17) is 28.4 Å². The van der Waals surface area contributed by atoms with Gasteiger partial charge in [-0.25, -0.2) is 0 Å². The number of methoxy groups -OCH3 is 5. The van der Waals surface area contributed by atoms with E-state index in [1.165, 1.54) is 38.5 Å². The van der Waals surface area contributed by atoms with Crippen molar-refractivity contribution in [3.8, 4) is 45.6 Å². The molecule has 4 aromatic rings. The molecule has 254 valence electrons. The van der Waals surface area contributed by atoms with Crippen LogP contribution in [0.1, 0.15) is 74.1 Å². The second-order valence-electron chi connectivity index (χ2n) is 11.6. The lowest BCUT2D eigenvalue weighted by molar-refractivity contribution is 0.267. The highest BCUT2D eigenvalue weighted by Crippen LogP contribution is 2.40. The molecule has 6 heteroatoms. The molecule has 0 aromatic heterocycles. The molecule has 0 aliphatic heterocycles. The molecule has 0 aliphatic carbocycles. The molecule has 4 rings (SSSR count). The standard InChI is InChI=1S/C42H50O6/c1-7-8-9-10-11-12-13-26-48-42-39(45-4)29-34(30-40(42)46-5)17-15-32-20-24-36(25-21-32)35-22-18-31(19-23-35)14-16-33-27-37(43-2)41(47-6)38(28-33)44-3/h14-25,27-30H,7-13,26H2,1-6H3/b16-14+,17-15+. The molecule has 0 bridgehead atoms. The molecule has 0 radical (unpaired) electrons. The second kappa shape index (κ2) is 19.1. The van der Waals surface area contributed by atoms with Crippen LogP contribution in [0.5, 0.6) is 34.5 Å². The van der Waals surface area contributed by atoms with E-state index in [0.29, 0.717) is 41.1 Å². The van der Waals surface area contributed by atoms with Crippen LogP contribution in [0.25, 0.3) is 35.4 Å². The molecule has 48 heavy (non-hydrogen) atoms. The van der Waals surface area contributed by atoms with Crippen molar-refractivity contribution < 1.29 is 28.4 Å². The maximum absolute atomic E-state index is 6.13. The third kappa shape index (κ3) is 10.1. The summed E-state index contributed by atoms with van der Waals surface area (Å²) in [5, 5.41) is 0. The highest BCUT2D eigenvalue weighted by atomic mass is 16.5. The Labute approximate surface area is 286 Å². The summed E-state index contributed by atoms with van der Waals surface area (Å²) in [5.74, 6) is 3.85. The van der Waals surface area contributed by atoms with Crippen LogP contribution in [0.15, 0.2) is 72.8 Å². The maximum atomic E-state index is 6.13. The minimum atomic E-state index is 0.580. The van der Waals surface area contributed by atoms with Gasteiger partial charge in [0.05, 0.1) is 42.2 Å². The average molecular weight is 651 g/mol. The lowest BCUT2D eigenvalue weighted by Crippen LogP contribution is -2.02. The Balaban J connectivity index is 1.37. The maximum Gasteiger partial charge on any atom is 0.203 e. The summed E-state index contributed by atoms with van der Waals surface area (Å²) in [7, 11) is 8.17. The predicted molar refractivity (Wildman–Crippen MR) is 199 cm³/mol.